The highest BCUT2D eigenvalue weighted by molar-refractivity contribution is 7.90. The maximum Gasteiger partial charge on any atom is 0.319 e. The van der Waals surface area contributed by atoms with Crippen LogP contribution in [0.4, 0.5) is 10.5 Å². The minimum absolute atomic E-state index is 0.0291. The molecule has 0 saturated carbocycles. The number of urea groups is 1. The molecule has 2 amide bonds. The van der Waals surface area contributed by atoms with Crippen LogP contribution in [0.2, 0.25) is 0 Å². The van der Waals surface area contributed by atoms with Gasteiger partial charge in [0.1, 0.15) is 0 Å². The van der Waals surface area contributed by atoms with Crippen molar-refractivity contribution in [1.29, 1.82) is 0 Å². The SMILES string of the molecule is O=C(NCc1cccnc1)Nc1ccc(S(=O)(=O)Cc2ccc3c(c2)CCC3)cc1. The summed E-state index contributed by atoms with van der Waals surface area (Å²) in [6.07, 6.45) is 6.58. The second-order valence-corrected chi connectivity index (χ2v) is 9.40. The van der Waals surface area contributed by atoms with Crippen LogP contribution in [0.3, 0.4) is 0 Å². The molecule has 0 bridgehead atoms. The number of carbonyl (C=O) groups excluding carboxylic acids is 1. The van der Waals surface area contributed by atoms with Crippen LogP contribution < -0.4 is 10.6 Å². The first-order valence-corrected chi connectivity index (χ1v) is 11.5. The smallest absolute Gasteiger partial charge is 0.319 e. The van der Waals surface area contributed by atoms with Crippen molar-refractivity contribution < 1.29 is 13.2 Å². The van der Waals surface area contributed by atoms with E-state index < -0.39 is 9.84 Å². The minimum atomic E-state index is -3.46. The molecule has 1 aliphatic carbocycles. The fourth-order valence-corrected chi connectivity index (χ4v) is 4.96. The summed E-state index contributed by atoms with van der Waals surface area (Å²) >= 11 is 0. The quantitative estimate of drug-likeness (QED) is 0.632. The van der Waals surface area contributed by atoms with Crippen LogP contribution in [0.25, 0.3) is 0 Å². The van der Waals surface area contributed by atoms with Gasteiger partial charge in [-0.2, -0.15) is 0 Å². The van der Waals surface area contributed by atoms with Gasteiger partial charge in [-0.05, 0) is 71.8 Å². The van der Waals surface area contributed by atoms with Crippen LogP contribution in [0.5, 0.6) is 0 Å². The highest BCUT2D eigenvalue weighted by atomic mass is 32.2. The van der Waals surface area contributed by atoms with E-state index in [1.807, 2.05) is 24.3 Å². The van der Waals surface area contributed by atoms with Crippen LogP contribution in [-0.2, 0) is 35.0 Å². The van der Waals surface area contributed by atoms with Crippen LogP contribution in [0.15, 0.2) is 71.9 Å². The van der Waals surface area contributed by atoms with Gasteiger partial charge < -0.3 is 10.6 Å². The average molecular weight is 422 g/mol. The van der Waals surface area contributed by atoms with E-state index in [0.29, 0.717) is 12.2 Å². The summed E-state index contributed by atoms with van der Waals surface area (Å²) in [7, 11) is -3.46. The lowest BCUT2D eigenvalue weighted by atomic mass is 10.1. The molecule has 4 rings (SSSR count). The Labute approximate surface area is 176 Å². The Kier molecular flexibility index (Phi) is 5.81. The van der Waals surface area contributed by atoms with Gasteiger partial charge in [-0.3, -0.25) is 4.98 Å². The number of nitrogens with zero attached hydrogens (tertiary/aromatic N) is 1. The van der Waals surface area contributed by atoms with Gasteiger partial charge in [-0.15, -0.1) is 0 Å². The van der Waals surface area contributed by atoms with Crippen molar-refractivity contribution in [2.75, 3.05) is 5.32 Å². The van der Waals surface area contributed by atoms with Crippen LogP contribution in [-0.4, -0.2) is 19.4 Å². The summed E-state index contributed by atoms with van der Waals surface area (Å²) < 4.78 is 25.6. The second kappa shape index (κ2) is 8.67. The fourth-order valence-electron chi connectivity index (χ4n) is 3.62. The maximum atomic E-state index is 12.8. The number of aryl methyl sites for hydroxylation is 2. The standard InChI is InChI=1S/C23H23N3O3S/c27-23(25-15-18-3-2-12-24-14-18)26-21-8-10-22(11-9-21)30(28,29)16-17-6-7-19-4-1-5-20(19)13-17/h2-3,6-14H,1,4-5,15-16H2,(H2,25,26,27). The molecule has 30 heavy (non-hydrogen) atoms. The zero-order chi connectivity index (χ0) is 21.0. The Morgan fingerprint density at radius 1 is 0.967 bits per heavy atom. The molecule has 154 valence electrons. The van der Waals surface area contributed by atoms with Gasteiger partial charge in [0.15, 0.2) is 9.84 Å². The van der Waals surface area contributed by atoms with Crippen molar-refractivity contribution in [2.45, 2.75) is 36.5 Å². The Morgan fingerprint density at radius 2 is 1.77 bits per heavy atom. The molecule has 0 unspecified atom stereocenters. The molecule has 0 fully saturated rings. The van der Waals surface area contributed by atoms with Crippen LogP contribution in [0, 0.1) is 0 Å². The molecule has 0 spiro atoms. The monoisotopic (exact) mass is 421 g/mol. The van der Waals surface area contributed by atoms with Gasteiger partial charge in [0.05, 0.1) is 10.6 Å². The van der Waals surface area contributed by atoms with E-state index in [9.17, 15) is 13.2 Å². The fraction of sp³-hybridized carbons (Fsp3) is 0.217. The van der Waals surface area contributed by atoms with Crippen molar-refractivity contribution in [3.8, 4) is 0 Å². The van der Waals surface area contributed by atoms with Crippen molar-refractivity contribution in [1.82, 2.24) is 10.3 Å². The molecule has 1 aliphatic rings. The first kappa shape index (κ1) is 20.1. The third-order valence-electron chi connectivity index (χ3n) is 5.17. The maximum absolute atomic E-state index is 12.8. The number of sulfone groups is 1. The minimum Gasteiger partial charge on any atom is -0.334 e. The molecular weight excluding hydrogens is 398 g/mol. The Morgan fingerprint density at radius 3 is 2.53 bits per heavy atom. The number of pyridine rings is 1. The number of hydrogen-bond acceptors (Lipinski definition) is 4. The lowest BCUT2D eigenvalue weighted by Gasteiger charge is -2.10. The summed E-state index contributed by atoms with van der Waals surface area (Å²) in [4.78, 5) is 16.3. The molecule has 0 saturated heterocycles. The predicted molar refractivity (Wildman–Crippen MR) is 116 cm³/mol. The highest BCUT2D eigenvalue weighted by Gasteiger charge is 2.18. The molecule has 1 heterocycles. The lowest BCUT2D eigenvalue weighted by molar-refractivity contribution is 0.251. The van der Waals surface area contributed by atoms with E-state index in [2.05, 4.69) is 15.6 Å². The molecule has 3 aromatic rings. The van der Waals surface area contributed by atoms with Crippen molar-refractivity contribution in [2.24, 2.45) is 0 Å². The molecule has 2 N–H and O–H groups in total. The predicted octanol–water partition coefficient (Wildman–Crippen LogP) is 3.87. The van der Waals surface area contributed by atoms with Gasteiger partial charge in [0.25, 0.3) is 0 Å². The van der Waals surface area contributed by atoms with E-state index in [1.165, 1.54) is 23.3 Å². The zero-order valence-corrected chi connectivity index (χ0v) is 17.3. The van der Waals surface area contributed by atoms with E-state index in [1.54, 1.807) is 30.6 Å². The summed E-state index contributed by atoms with van der Waals surface area (Å²) in [6, 6.07) is 15.5. The third kappa shape index (κ3) is 4.86. The summed E-state index contributed by atoms with van der Waals surface area (Å²) in [5.74, 6) is -0.0291. The topological polar surface area (TPSA) is 88.2 Å². The van der Waals surface area contributed by atoms with E-state index >= 15 is 0 Å². The van der Waals surface area contributed by atoms with E-state index in [4.69, 9.17) is 0 Å². The van der Waals surface area contributed by atoms with Gasteiger partial charge in [0, 0.05) is 24.6 Å². The third-order valence-corrected chi connectivity index (χ3v) is 6.87. The number of hydrogen-bond donors (Lipinski definition) is 2. The van der Waals surface area contributed by atoms with E-state index in [-0.39, 0.29) is 16.7 Å². The Balaban J connectivity index is 1.36. The normalized spacial score (nSPS) is 12.9. The second-order valence-electron chi connectivity index (χ2n) is 7.41. The number of anilines is 1. The first-order chi connectivity index (χ1) is 14.5. The number of carbonyl (C=O) groups is 1. The number of benzene rings is 2. The summed E-state index contributed by atoms with van der Waals surface area (Å²) in [5, 5.41) is 5.44. The molecular formula is C23H23N3O3S. The average Bonchev–Trinajstić information content (AvgIpc) is 3.21. The van der Waals surface area contributed by atoms with Gasteiger partial charge in [-0.1, -0.05) is 24.3 Å². The molecule has 7 heteroatoms. The number of amides is 2. The number of fused-ring (bicyclic) bond motifs is 1. The Hall–Kier alpha value is -3.19. The molecule has 2 aromatic carbocycles. The van der Waals surface area contributed by atoms with Crippen LogP contribution >= 0.6 is 0 Å². The summed E-state index contributed by atoms with van der Waals surface area (Å²) in [5.41, 5.74) is 4.82. The molecule has 0 aliphatic heterocycles. The molecule has 6 nitrogen and oxygen atoms in total. The van der Waals surface area contributed by atoms with E-state index in [0.717, 1.165) is 30.4 Å². The van der Waals surface area contributed by atoms with Crippen molar-refractivity contribution in [3.05, 3.63) is 89.2 Å². The van der Waals surface area contributed by atoms with Crippen LogP contribution in [0.1, 0.15) is 28.7 Å². The molecule has 1 aromatic heterocycles. The zero-order valence-electron chi connectivity index (χ0n) is 16.5. The lowest BCUT2D eigenvalue weighted by Crippen LogP contribution is -2.28. The highest BCUT2D eigenvalue weighted by Crippen LogP contribution is 2.25. The number of nitrogens with one attached hydrogen (secondary N) is 2. The first-order valence-electron chi connectivity index (χ1n) is 9.87. The summed E-state index contributed by atoms with van der Waals surface area (Å²) in [6.45, 7) is 0.354. The number of aromatic nitrogens is 1. The Bertz CT molecular complexity index is 1140. The molecule has 0 radical (unpaired) electrons. The van der Waals surface area contributed by atoms with Gasteiger partial charge in [-0.25, -0.2) is 13.2 Å². The van der Waals surface area contributed by atoms with Crippen molar-refractivity contribution >= 4 is 21.6 Å². The van der Waals surface area contributed by atoms with Crippen molar-refractivity contribution in [3.63, 3.8) is 0 Å². The largest absolute Gasteiger partial charge is 0.334 e. The van der Waals surface area contributed by atoms with Gasteiger partial charge >= 0.3 is 6.03 Å². The molecule has 0 atom stereocenters. The number of rotatable bonds is 6. The van der Waals surface area contributed by atoms with Gasteiger partial charge in [0.2, 0.25) is 0 Å².